The summed E-state index contributed by atoms with van der Waals surface area (Å²) in [5.74, 6) is 0.0231. The zero-order valence-corrected chi connectivity index (χ0v) is 29.9. The van der Waals surface area contributed by atoms with Crippen LogP contribution in [0.2, 0.25) is 10.0 Å². The topological polar surface area (TPSA) is 126 Å². The first kappa shape index (κ1) is 35.6. The number of hydrogen-bond donors (Lipinski definition) is 4. The molecule has 2 aliphatic heterocycles. The lowest BCUT2D eigenvalue weighted by atomic mass is 9.95. The van der Waals surface area contributed by atoms with Gasteiger partial charge in [-0.3, -0.25) is 18.8 Å². The van der Waals surface area contributed by atoms with Crippen molar-refractivity contribution in [1.29, 1.82) is 0 Å². The fourth-order valence-corrected chi connectivity index (χ4v) is 7.54. The summed E-state index contributed by atoms with van der Waals surface area (Å²) in [5, 5.41) is 13.1. The van der Waals surface area contributed by atoms with Crippen molar-refractivity contribution < 1.29 is 18.7 Å². The molecule has 4 N–H and O–H groups in total. The Labute approximate surface area is 309 Å². The quantitative estimate of drug-likeness (QED) is 0.126. The van der Waals surface area contributed by atoms with Crippen molar-refractivity contribution in [3.63, 3.8) is 0 Å². The van der Waals surface area contributed by atoms with E-state index in [4.69, 9.17) is 27.9 Å². The zero-order chi connectivity index (χ0) is 36.4. The summed E-state index contributed by atoms with van der Waals surface area (Å²) < 4.78 is 22.7. The summed E-state index contributed by atoms with van der Waals surface area (Å²) in [4.78, 5) is 40.8. The van der Waals surface area contributed by atoms with Crippen LogP contribution in [0.3, 0.4) is 0 Å². The van der Waals surface area contributed by atoms with Crippen molar-refractivity contribution in [2.75, 3.05) is 20.2 Å². The molecule has 0 bridgehead atoms. The fraction of sp³-hybridized carbons (Fsp3) is 0.282. The lowest BCUT2D eigenvalue weighted by Gasteiger charge is -2.17. The van der Waals surface area contributed by atoms with Gasteiger partial charge in [-0.05, 0) is 48.2 Å². The van der Waals surface area contributed by atoms with Gasteiger partial charge in [0.05, 0.1) is 17.2 Å². The Morgan fingerprint density at radius 1 is 0.827 bits per heavy atom. The van der Waals surface area contributed by atoms with Crippen molar-refractivity contribution in [3.05, 3.63) is 110 Å². The second-order valence-electron chi connectivity index (χ2n) is 13.1. The zero-order valence-electron chi connectivity index (χ0n) is 28.4. The number of methoxy groups -OCH3 is 1. The molecule has 2 saturated heterocycles. The van der Waals surface area contributed by atoms with Gasteiger partial charge >= 0.3 is 0 Å². The van der Waals surface area contributed by atoms with Gasteiger partial charge in [-0.2, -0.15) is 0 Å². The molecule has 5 aromatic rings. The van der Waals surface area contributed by atoms with Crippen molar-refractivity contribution in [2.45, 2.75) is 50.9 Å². The van der Waals surface area contributed by atoms with E-state index in [1.165, 1.54) is 17.6 Å². The molecule has 0 spiro atoms. The third-order valence-electron chi connectivity index (χ3n) is 9.63. The predicted octanol–water partition coefficient (Wildman–Crippen LogP) is 5.89. The molecule has 13 heteroatoms. The van der Waals surface area contributed by atoms with E-state index in [1.807, 2.05) is 48.5 Å². The minimum atomic E-state index is -0.440. The number of carbonyl (C=O) groups is 2. The molecule has 0 aliphatic carbocycles. The lowest BCUT2D eigenvalue weighted by molar-refractivity contribution is -0.120. The van der Waals surface area contributed by atoms with Crippen molar-refractivity contribution >= 4 is 40.7 Å². The molecule has 0 saturated carbocycles. The number of amides is 2. The number of pyridine rings is 1. The molecule has 2 atom stereocenters. The van der Waals surface area contributed by atoms with Gasteiger partial charge in [0.2, 0.25) is 11.8 Å². The highest BCUT2D eigenvalue weighted by Crippen LogP contribution is 2.43. The number of nitrogens with zero attached hydrogens (tertiary/aromatic N) is 2. The number of carbonyl (C=O) groups excluding carboxylic acids is 2. The maximum Gasteiger partial charge on any atom is 0.262 e. The lowest BCUT2D eigenvalue weighted by Crippen LogP contribution is -2.36. The molecule has 2 aromatic heterocycles. The van der Waals surface area contributed by atoms with E-state index < -0.39 is 5.82 Å². The standard InChI is InChI=1S/C39H37Cl2FN6O4/c1-52-33-15-23(14-32(42)31(33)21-44-20-26-9-11-36(50)47-26)28-5-3-7-30(38(28)41)29-6-2-4-27(37(29)40)22-12-13-48-34(16-22)45-18-24(39(48)51)17-43-19-25-8-10-35(49)46-25/h2-7,12-16,18,25-26,43-44H,8-11,17,19-21H2,1H3,(H,46,49)(H,47,50)/t25-,26-/m0/s1. The molecule has 10 nitrogen and oxygen atoms in total. The third kappa shape index (κ3) is 7.40. The molecule has 4 heterocycles. The SMILES string of the molecule is COc1cc(-c2cccc(-c3cccc(-c4ccn5c(=O)c(CNC[C@@H]6CCC(=O)N6)cnc5c4)c3Cl)c2Cl)cc(F)c1CNC[C@@H]1CCC(=O)N1. The molecular weight excluding hydrogens is 706 g/mol. The number of aromatic nitrogens is 2. The van der Waals surface area contributed by atoms with Gasteiger partial charge in [-0.15, -0.1) is 0 Å². The van der Waals surface area contributed by atoms with E-state index in [2.05, 4.69) is 26.3 Å². The first-order valence-electron chi connectivity index (χ1n) is 17.1. The highest BCUT2D eigenvalue weighted by Gasteiger charge is 2.23. The third-order valence-corrected chi connectivity index (χ3v) is 10.4. The Morgan fingerprint density at radius 3 is 2.02 bits per heavy atom. The van der Waals surface area contributed by atoms with Crippen LogP contribution in [0.15, 0.2) is 77.9 Å². The first-order chi connectivity index (χ1) is 25.2. The summed E-state index contributed by atoms with van der Waals surface area (Å²) in [6.07, 6.45) is 5.81. The van der Waals surface area contributed by atoms with E-state index in [9.17, 15) is 14.4 Å². The van der Waals surface area contributed by atoms with Crippen LogP contribution in [0.1, 0.15) is 36.8 Å². The maximum absolute atomic E-state index is 15.6. The van der Waals surface area contributed by atoms with E-state index in [-0.39, 0.29) is 36.0 Å². The van der Waals surface area contributed by atoms with Gasteiger partial charge in [0.1, 0.15) is 17.2 Å². The molecule has 2 fully saturated rings. The monoisotopic (exact) mass is 742 g/mol. The molecule has 268 valence electrons. The average Bonchev–Trinajstić information content (AvgIpc) is 3.76. The second-order valence-corrected chi connectivity index (χ2v) is 13.8. The summed E-state index contributed by atoms with van der Waals surface area (Å²) in [6.45, 7) is 1.67. The van der Waals surface area contributed by atoms with Crippen molar-refractivity contribution in [2.24, 2.45) is 0 Å². The summed E-state index contributed by atoms with van der Waals surface area (Å²) in [5.41, 5.74) is 5.18. The Morgan fingerprint density at radius 2 is 1.42 bits per heavy atom. The summed E-state index contributed by atoms with van der Waals surface area (Å²) in [7, 11) is 1.50. The fourth-order valence-electron chi connectivity index (χ4n) is 6.86. The Kier molecular flexibility index (Phi) is 10.6. The molecule has 52 heavy (non-hydrogen) atoms. The van der Waals surface area contributed by atoms with Crippen LogP contribution < -0.4 is 31.6 Å². The van der Waals surface area contributed by atoms with Gasteiger partial charge in [-0.25, -0.2) is 9.37 Å². The number of benzene rings is 3. The first-order valence-corrected chi connectivity index (χ1v) is 17.9. The molecule has 3 aromatic carbocycles. The van der Waals surface area contributed by atoms with Crippen molar-refractivity contribution in [3.8, 4) is 39.1 Å². The Hall–Kier alpha value is -4.81. The highest BCUT2D eigenvalue weighted by atomic mass is 35.5. The van der Waals surface area contributed by atoms with Gasteiger partial charge in [0.15, 0.2) is 0 Å². The number of rotatable bonds is 12. The van der Waals surface area contributed by atoms with Crippen LogP contribution in [-0.4, -0.2) is 53.5 Å². The Balaban J connectivity index is 1.12. The summed E-state index contributed by atoms with van der Waals surface area (Å²) >= 11 is 14.1. The number of fused-ring (bicyclic) bond motifs is 1. The van der Waals surface area contributed by atoms with Gasteiger partial charge < -0.3 is 26.0 Å². The van der Waals surface area contributed by atoms with Crippen LogP contribution >= 0.6 is 23.2 Å². The van der Waals surface area contributed by atoms with Gasteiger partial charge in [-0.1, -0.05) is 59.6 Å². The number of hydrogen-bond acceptors (Lipinski definition) is 7. The van der Waals surface area contributed by atoms with E-state index >= 15 is 4.39 Å². The minimum absolute atomic E-state index is 0.0243. The maximum atomic E-state index is 15.6. The molecule has 0 unspecified atom stereocenters. The normalized spacial score (nSPS) is 17.1. The highest BCUT2D eigenvalue weighted by molar-refractivity contribution is 6.39. The van der Waals surface area contributed by atoms with Crippen LogP contribution in [0.5, 0.6) is 5.75 Å². The van der Waals surface area contributed by atoms with Crippen LogP contribution in [0, 0.1) is 5.82 Å². The molecular formula is C39H37Cl2FN6O4. The van der Waals surface area contributed by atoms with Crippen LogP contribution in [0.25, 0.3) is 39.0 Å². The number of ether oxygens (including phenoxy) is 1. The Bertz CT molecular complexity index is 2250. The van der Waals surface area contributed by atoms with Crippen LogP contribution in [0.4, 0.5) is 4.39 Å². The smallest absolute Gasteiger partial charge is 0.262 e. The minimum Gasteiger partial charge on any atom is -0.496 e. The summed E-state index contributed by atoms with van der Waals surface area (Å²) in [6, 6.07) is 18.1. The second kappa shape index (κ2) is 15.4. The van der Waals surface area contributed by atoms with Crippen LogP contribution in [-0.2, 0) is 22.7 Å². The van der Waals surface area contributed by atoms with E-state index in [0.29, 0.717) is 87.3 Å². The molecule has 2 aliphatic rings. The van der Waals surface area contributed by atoms with Gasteiger partial charge in [0, 0.05) is 96.9 Å². The average molecular weight is 744 g/mol. The number of nitrogens with one attached hydrogen (secondary N) is 4. The molecule has 7 rings (SSSR count). The van der Waals surface area contributed by atoms with E-state index in [0.717, 1.165) is 24.0 Å². The largest absolute Gasteiger partial charge is 0.496 e. The predicted molar refractivity (Wildman–Crippen MR) is 200 cm³/mol. The van der Waals surface area contributed by atoms with Gasteiger partial charge in [0.25, 0.3) is 5.56 Å². The van der Waals surface area contributed by atoms with E-state index in [1.54, 1.807) is 18.5 Å². The molecule has 0 radical (unpaired) electrons. The number of halogens is 3. The molecule has 2 amide bonds. The van der Waals surface area contributed by atoms with Crippen molar-refractivity contribution in [1.82, 2.24) is 30.7 Å².